The molecule has 0 unspecified atom stereocenters. The molecule has 21 heavy (non-hydrogen) atoms. The van der Waals surface area contributed by atoms with Gasteiger partial charge in [-0.25, -0.2) is 5.06 Å². The van der Waals surface area contributed by atoms with Crippen LogP contribution in [-0.4, -0.2) is 16.1 Å². The Balaban J connectivity index is 1.67. The van der Waals surface area contributed by atoms with Gasteiger partial charge < -0.3 is 0 Å². The largest absolute Gasteiger partial charge is 0.287 e. The summed E-state index contributed by atoms with van der Waals surface area (Å²) in [5.74, 6) is 0.284. The van der Waals surface area contributed by atoms with E-state index in [0.717, 1.165) is 29.9 Å². The smallest absolute Gasteiger partial charge is 0.121 e. The number of hydroxylamine groups is 2. The fraction of sp³-hybridized carbons (Fsp3) is 0.278. The first-order valence-electron chi connectivity index (χ1n) is 7.37. The highest BCUT2D eigenvalue weighted by molar-refractivity contribution is 5.77. The summed E-state index contributed by atoms with van der Waals surface area (Å²) in [6.07, 6.45) is 3.58. The van der Waals surface area contributed by atoms with Gasteiger partial charge in [0, 0.05) is 6.42 Å². The number of unbranched alkanes of at least 4 members (excludes halogenated alkanes) is 1. The van der Waals surface area contributed by atoms with Crippen molar-refractivity contribution in [3.63, 3.8) is 0 Å². The monoisotopic (exact) mass is 282 g/mol. The molecule has 3 heteroatoms. The number of hydrogen-bond acceptors (Lipinski definition) is 2. The van der Waals surface area contributed by atoms with Crippen LogP contribution >= 0.6 is 0 Å². The SMILES string of the molecule is N=C(CCCCc1ccccc1)N(O)Cc1ccccc1. The molecule has 0 saturated carbocycles. The fourth-order valence-electron chi connectivity index (χ4n) is 2.25. The molecular weight excluding hydrogens is 260 g/mol. The van der Waals surface area contributed by atoms with E-state index in [9.17, 15) is 5.21 Å². The van der Waals surface area contributed by atoms with Crippen molar-refractivity contribution in [3.8, 4) is 0 Å². The van der Waals surface area contributed by atoms with Gasteiger partial charge in [0.1, 0.15) is 5.84 Å². The van der Waals surface area contributed by atoms with Crippen LogP contribution in [0.3, 0.4) is 0 Å². The maximum Gasteiger partial charge on any atom is 0.121 e. The summed E-state index contributed by atoms with van der Waals surface area (Å²) in [5.41, 5.74) is 2.34. The number of benzene rings is 2. The third-order valence-corrected chi connectivity index (χ3v) is 3.46. The second-order valence-corrected chi connectivity index (χ2v) is 5.18. The average molecular weight is 282 g/mol. The maximum atomic E-state index is 9.90. The van der Waals surface area contributed by atoms with E-state index in [1.165, 1.54) is 5.56 Å². The van der Waals surface area contributed by atoms with Gasteiger partial charge in [0.05, 0.1) is 6.54 Å². The molecule has 0 aliphatic heterocycles. The Kier molecular flexibility index (Phi) is 5.98. The zero-order chi connectivity index (χ0) is 14.9. The number of rotatable bonds is 7. The lowest BCUT2D eigenvalue weighted by molar-refractivity contribution is -0.0263. The molecule has 0 aliphatic rings. The number of aryl methyl sites for hydroxylation is 1. The zero-order valence-electron chi connectivity index (χ0n) is 12.2. The van der Waals surface area contributed by atoms with Crippen molar-refractivity contribution in [1.29, 1.82) is 5.41 Å². The van der Waals surface area contributed by atoms with Crippen LogP contribution in [0.1, 0.15) is 30.4 Å². The van der Waals surface area contributed by atoms with Crippen LogP contribution in [0.4, 0.5) is 0 Å². The van der Waals surface area contributed by atoms with Gasteiger partial charge in [-0.1, -0.05) is 60.7 Å². The number of amidine groups is 1. The van der Waals surface area contributed by atoms with Crippen molar-refractivity contribution in [2.24, 2.45) is 0 Å². The van der Waals surface area contributed by atoms with Crippen molar-refractivity contribution in [2.45, 2.75) is 32.2 Å². The number of nitrogens with one attached hydrogen (secondary N) is 1. The predicted molar refractivity (Wildman–Crippen MR) is 85.5 cm³/mol. The van der Waals surface area contributed by atoms with Crippen LogP contribution in [0, 0.1) is 5.41 Å². The molecule has 3 nitrogen and oxygen atoms in total. The highest BCUT2D eigenvalue weighted by atomic mass is 16.5. The molecule has 110 valence electrons. The normalized spacial score (nSPS) is 10.3. The average Bonchev–Trinajstić information content (AvgIpc) is 2.53. The van der Waals surface area contributed by atoms with E-state index in [1.54, 1.807) is 0 Å². The minimum absolute atomic E-state index is 0.284. The molecule has 2 aromatic carbocycles. The third-order valence-electron chi connectivity index (χ3n) is 3.46. The van der Waals surface area contributed by atoms with Gasteiger partial charge in [0.2, 0.25) is 0 Å². The van der Waals surface area contributed by atoms with Gasteiger partial charge in [0.15, 0.2) is 0 Å². The molecule has 0 spiro atoms. The second kappa shape index (κ2) is 8.22. The molecule has 2 aromatic rings. The molecule has 0 radical (unpaired) electrons. The van der Waals surface area contributed by atoms with Gasteiger partial charge in [-0.3, -0.25) is 10.6 Å². The Labute approximate surface area is 126 Å². The molecule has 0 heterocycles. The van der Waals surface area contributed by atoms with Crippen molar-refractivity contribution in [3.05, 3.63) is 71.8 Å². The van der Waals surface area contributed by atoms with E-state index in [-0.39, 0.29) is 5.84 Å². The Morgan fingerprint density at radius 1 is 0.857 bits per heavy atom. The van der Waals surface area contributed by atoms with E-state index in [1.807, 2.05) is 48.5 Å². The number of nitrogens with zero attached hydrogens (tertiary/aromatic N) is 1. The minimum Gasteiger partial charge on any atom is -0.287 e. The molecule has 0 bridgehead atoms. The quantitative estimate of drug-likeness (QED) is 0.345. The molecule has 0 atom stereocenters. The Morgan fingerprint density at radius 2 is 1.43 bits per heavy atom. The van der Waals surface area contributed by atoms with Crippen molar-refractivity contribution < 1.29 is 5.21 Å². The van der Waals surface area contributed by atoms with Gasteiger partial charge >= 0.3 is 0 Å². The van der Waals surface area contributed by atoms with Crippen molar-refractivity contribution in [1.82, 2.24) is 5.06 Å². The van der Waals surface area contributed by atoms with Crippen LogP contribution in [0.5, 0.6) is 0 Å². The molecule has 0 fully saturated rings. The highest BCUT2D eigenvalue weighted by Crippen LogP contribution is 2.09. The Morgan fingerprint density at radius 3 is 2.05 bits per heavy atom. The summed E-state index contributed by atoms with van der Waals surface area (Å²) in [6, 6.07) is 20.1. The third kappa shape index (κ3) is 5.40. The lowest BCUT2D eigenvalue weighted by Crippen LogP contribution is -2.25. The minimum atomic E-state index is 0.284. The van der Waals surface area contributed by atoms with Crippen molar-refractivity contribution in [2.75, 3.05) is 0 Å². The lowest BCUT2D eigenvalue weighted by atomic mass is 10.1. The van der Waals surface area contributed by atoms with E-state index >= 15 is 0 Å². The summed E-state index contributed by atoms with van der Waals surface area (Å²) in [4.78, 5) is 0. The number of hydrogen-bond donors (Lipinski definition) is 2. The summed E-state index contributed by atoms with van der Waals surface area (Å²) in [7, 11) is 0. The molecule has 0 aliphatic carbocycles. The first kappa shape index (κ1) is 15.3. The molecule has 0 saturated heterocycles. The summed E-state index contributed by atoms with van der Waals surface area (Å²) < 4.78 is 0. The fourth-order valence-corrected chi connectivity index (χ4v) is 2.25. The summed E-state index contributed by atoms with van der Waals surface area (Å²) in [6.45, 7) is 0.373. The van der Waals surface area contributed by atoms with Crippen LogP contribution in [-0.2, 0) is 13.0 Å². The van der Waals surface area contributed by atoms with E-state index in [2.05, 4.69) is 12.1 Å². The molecule has 0 aromatic heterocycles. The molecular formula is C18H22N2O. The molecule has 2 N–H and O–H groups in total. The van der Waals surface area contributed by atoms with Crippen LogP contribution in [0.25, 0.3) is 0 Å². The van der Waals surface area contributed by atoms with Gasteiger partial charge in [-0.15, -0.1) is 0 Å². The van der Waals surface area contributed by atoms with Crippen LogP contribution in [0.2, 0.25) is 0 Å². The van der Waals surface area contributed by atoms with Gasteiger partial charge in [-0.05, 0) is 30.4 Å². The van der Waals surface area contributed by atoms with E-state index in [0.29, 0.717) is 13.0 Å². The lowest BCUT2D eigenvalue weighted by Gasteiger charge is -2.17. The van der Waals surface area contributed by atoms with Crippen molar-refractivity contribution >= 4 is 5.84 Å². The predicted octanol–water partition coefficient (Wildman–Crippen LogP) is 4.27. The van der Waals surface area contributed by atoms with E-state index in [4.69, 9.17) is 5.41 Å². The Bertz CT molecular complexity index is 540. The first-order valence-corrected chi connectivity index (χ1v) is 7.37. The first-order chi connectivity index (χ1) is 10.3. The summed E-state index contributed by atoms with van der Waals surface area (Å²) in [5, 5.41) is 18.8. The zero-order valence-corrected chi connectivity index (χ0v) is 12.2. The van der Waals surface area contributed by atoms with Gasteiger partial charge in [-0.2, -0.15) is 0 Å². The van der Waals surface area contributed by atoms with Crippen LogP contribution < -0.4 is 0 Å². The topological polar surface area (TPSA) is 47.3 Å². The van der Waals surface area contributed by atoms with Gasteiger partial charge in [0.25, 0.3) is 0 Å². The van der Waals surface area contributed by atoms with Crippen LogP contribution in [0.15, 0.2) is 60.7 Å². The Hall–Kier alpha value is -2.13. The summed E-state index contributed by atoms with van der Waals surface area (Å²) >= 11 is 0. The maximum absolute atomic E-state index is 9.90. The molecule has 2 rings (SSSR count). The highest BCUT2D eigenvalue weighted by Gasteiger charge is 2.07. The second-order valence-electron chi connectivity index (χ2n) is 5.18. The standard InChI is InChI=1S/C18H22N2O/c19-18(20(21)15-17-12-5-2-6-13-17)14-8-7-11-16-9-3-1-4-10-16/h1-6,9-10,12-13,19,21H,7-8,11,14-15H2. The molecule has 0 amide bonds. The van der Waals surface area contributed by atoms with E-state index < -0.39 is 0 Å².